The molecule has 0 unspecified atom stereocenters. The Balaban J connectivity index is 1.85. The second-order valence-electron chi connectivity index (χ2n) is 4.74. The maximum Gasteiger partial charge on any atom is 0.258 e. The van der Waals surface area contributed by atoms with Gasteiger partial charge >= 0.3 is 0 Å². The normalized spacial score (nSPS) is 10.1. The smallest absolute Gasteiger partial charge is 0.258 e. The van der Waals surface area contributed by atoms with Gasteiger partial charge in [-0.2, -0.15) is 0 Å². The minimum absolute atomic E-state index is 0.123. The zero-order valence-corrected chi connectivity index (χ0v) is 12.1. The Bertz CT molecular complexity index is 668. The highest BCUT2D eigenvalue weighted by Gasteiger charge is 2.09. The van der Waals surface area contributed by atoms with E-state index >= 15 is 0 Å². The van der Waals surface area contributed by atoms with Crippen molar-refractivity contribution in [2.24, 2.45) is 0 Å². The molecule has 1 N–H and O–H groups in total. The van der Waals surface area contributed by atoms with Crippen molar-refractivity contribution in [2.45, 2.75) is 13.5 Å². The molecule has 5 heteroatoms. The van der Waals surface area contributed by atoms with Crippen LogP contribution in [0, 0.1) is 5.82 Å². The third kappa shape index (κ3) is 4.41. The minimum Gasteiger partial charge on any atom is -0.483 e. The van der Waals surface area contributed by atoms with Gasteiger partial charge in [-0.05, 0) is 36.8 Å². The second kappa shape index (κ2) is 7.36. The molecule has 114 valence electrons. The number of amides is 1. The summed E-state index contributed by atoms with van der Waals surface area (Å²) in [5, 5.41) is 2.67. The van der Waals surface area contributed by atoms with Crippen LogP contribution < -0.4 is 10.1 Å². The van der Waals surface area contributed by atoms with Crippen LogP contribution in [0.1, 0.15) is 22.8 Å². The van der Waals surface area contributed by atoms with Gasteiger partial charge in [-0.25, -0.2) is 4.39 Å². The molecule has 0 heterocycles. The number of Topliss-reactive ketones (excluding diaryl/α,β-unsaturated/α-hetero) is 1. The van der Waals surface area contributed by atoms with Crippen molar-refractivity contribution >= 4 is 11.7 Å². The number of halogens is 1. The summed E-state index contributed by atoms with van der Waals surface area (Å²) in [6.45, 7) is 1.54. The molecule has 0 radical (unpaired) electrons. The Morgan fingerprint density at radius 2 is 1.77 bits per heavy atom. The van der Waals surface area contributed by atoms with Crippen LogP contribution >= 0.6 is 0 Å². The Morgan fingerprint density at radius 1 is 1.09 bits per heavy atom. The van der Waals surface area contributed by atoms with E-state index in [1.165, 1.54) is 19.1 Å². The van der Waals surface area contributed by atoms with Gasteiger partial charge in [0.2, 0.25) is 0 Å². The quantitative estimate of drug-likeness (QED) is 0.835. The SMILES string of the molecule is CC(=O)c1ccccc1OCC(=O)NCc1ccc(F)cc1. The summed E-state index contributed by atoms with van der Waals surface area (Å²) in [4.78, 5) is 23.2. The fourth-order valence-electron chi connectivity index (χ4n) is 1.88. The lowest BCUT2D eigenvalue weighted by Gasteiger charge is -2.10. The number of para-hydroxylation sites is 1. The van der Waals surface area contributed by atoms with Crippen LogP contribution in [0.2, 0.25) is 0 Å². The molecule has 0 aliphatic carbocycles. The number of carbonyl (C=O) groups excluding carboxylic acids is 2. The molecule has 0 fully saturated rings. The Morgan fingerprint density at radius 3 is 2.45 bits per heavy atom. The summed E-state index contributed by atoms with van der Waals surface area (Å²) >= 11 is 0. The lowest BCUT2D eigenvalue weighted by molar-refractivity contribution is -0.123. The lowest BCUT2D eigenvalue weighted by Crippen LogP contribution is -2.28. The molecule has 0 aliphatic rings. The van der Waals surface area contributed by atoms with Gasteiger partial charge in [-0.1, -0.05) is 24.3 Å². The van der Waals surface area contributed by atoms with E-state index in [1.807, 2.05) is 0 Å². The number of ketones is 1. The summed E-state index contributed by atoms with van der Waals surface area (Å²) in [6.07, 6.45) is 0. The standard InChI is InChI=1S/C17H16FNO3/c1-12(20)15-4-2-3-5-16(15)22-11-17(21)19-10-13-6-8-14(18)9-7-13/h2-9H,10-11H2,1H3,(H,19,21). The molecule has 22 heavy (non-hydrogen) atoms. The van der Waals surface area contributed by atoms with Crippen LogP contribution in [0.4, 0.5) is 4.39 Å². The Hall–Kier alpha value is -2.69. The van der Waals surface area contributed by atoms with Gasteiger partial charge < -0.3 is 10.1 Å². The first-order valence-electron chi connectivity index (χ1n) is 6.80. The van der Waals surface area contributed by atoms with Crippen LogP contribution in [-0.4, -0.2) is 18.3 Å². The fourth-order valence-corrected chi connectivity index (χ4v) is 1.88. The summed E-state index contributed by atoms with van der Waals surface area (Å²) < 4.78 is 18.1. The largest absolute Gasteiger partial charge is 0.483 e. The predicted octanol–water partition coefficient (Wildman–Crippen LogP) is 2.72. The van der Waals surface area contributed by atoms with Crippen molar-refractivity contribution in [3.8, 4) is 5.75 Å². The molecule has 0 atom stereocenters. The molecular formula is C17H16FNO3. The van der Waals surface area contributed by atoms with Gasteiger partial charge in [-0.15, -0.1) is 0 Å². The molecule has 0 aromatic heterocycles. The van der Waals surface area contributed by atoms with Crippen molar-refractivity contribution in [1.82, 2.24) is 5.32 Å². The number of hydrogen-bond acceptors (Lipinski definition) is 3. The topological polar surface area (TPSA) is 55.4 Å². The van der Waals surface area contributed by atoms with Crippen LogP contribution in [0.15, 0.2) is 48.5 Å². The number of rotatable bonds is 6. The first kappa shape index (κ1) is 15.7. The second-order valence-corrected chi connectivity index (χ2v) is 4.74. The number of benzene rings is 2. The summed E-state index contributed by atoms with van der Waals surface area (Å²) in [5.41, 5.74) is 1.23. The van der Waals surface area contributed by atoms with Gasteiger partial charge in [-0.3, -0.25) is 9.59 Å². The number of carbonyl (C=O) groups is 2. The van der Waals surface area contributed by atoms with Gasteiger partial charge in [0.1, 0.15) is 11.6 Å². The minimum atomic E-state index is -0.320. The van der Waals surface area contributed by atoms with Crippen LogP contribution in [0.5, 0.6) is 5.75 Å². The first-order valence-corrected chi connectivity index (χ1v) is 6.80. The van der Waals surface area contributed by atoms with E-state index in [1.54, 1.807) is 36.4 Å². The first-order chi connectivity index (χ1) is 10.6. The molecule has 1 amide bonds. The van der Waals surface area contributed by atoms with E-state index in [9.17, 15) is 14.0 Å². The molecule has 2 aromatic rings. The molecule has 0 saturated heterocycles. The average Bonchev–Trinajstić information content (AvgIpc) is 2.52. The Kier molecular flexibility index (Phi) is 5.25. The number of nitrogens with one attached hydrogen (secondary N) is 1. The number of ether oxygens (including phenoxy) is 1. The zero-order chi connectivity index (χ0) is 15.9. The van der Waals surface area contributed by atoms with Gasteiger partial charge in [0, 0.05) is 6.54 Å². The molecule has 4 nitrogen and oxygen atoms in total. The zero-order valence-electron chi connectivity index (χ0n) is 12.1. The van der Waals surface area contributed by atoms with Gasteiger partial charge in [0.25, 0.3) is 5.91 Å². The van der Waals surface area contributed by atoms with Gasteiger partial charge in [0.15, 0.2) is 12.4 Å². The lowest BCUT2D eigenvalue weighted by atomic mass is 10.1. The van der Waals surface area contributed by atoms with E-state index in [-0.39, 0.29) is 30.7 Å². The van der Waals surface area contributed by atoms with Crippen molar-refractivity contribution in [2.75, 3.05) is 6.61 Å². The summed E-state index contributed by atoms with van der Waals surface area (Å²) in [7, 11) is 0. The maximum atomic E-state index is 12.8. The molecule has 2 aromatic carbocycles. The van der Waals surface area contributed by atoms with Crippen molar-refractivity contribution in [3.05, 3.63) is 65.5 Å². The fraction of sp³-hybridized carbons (Fsp3) is 0.176. The maximum absolute atomic E-state index is 12.8. The van der Waals surface area contributed by atoms with E-state index in [2.05, 4.69) is 5.32 Å². The highest BCUT2D eigenvalue weighted by atomic mass is 19.1. The third-order valence-corrected chi connectivity index (χ3v) is 3.03. The van der Waals surface area contributed by atoms with E-state index in [0.29, 0.717) is 11.3 Å². The predicted molar refractivity (Wildman–Crippen MR) is 80.2 cm³/mol. The van der Waals surface area contributed by atoms with Gasteiger partial charge in [0.05, 0.1) is 5.56 Å². The molecule has 0 saturated carbocycles. The van der Waals surface area contributed by atoms with E-state index < -0.39 is 0 Å². The van der Waals surface area contributed by atoms with Crippen LogP contribution in [-0.2, 0) is 11.3 Å². The molecule has 0 aliphatic heterocycles. The molecule has 0 spiro atoms. The average molecular weight is 301 g/mol. The van der Waals surface area contributed by atoms with Crippen molar-refractivity contribution < 1.29 is 18.7 Å². The third-order valence-electron chi connectivity index (χ3n) is 3.03. The van der Waals surface area contributed by atoms with E-state index in [0.717, 1.165) is 5.56 Å². The highest BCUT2D eigenvalue weighted by molar-refractivity contribution is 5.96. The highest BCUT2D eigenvalue weighted by Crippen LogP contribution is 2.18. The van der Waals surface area contributed by atoms with Crippen LogP contribution in [0.25, 0.3) is 0 Å². The molecule has 2 rings (SSSR count). The molecule has 0 bridgehead atoms. The van der Waals surface area contributed by atoms with Crippen molar-refractivity contribution in [3.63, 3.8) is 0 Å². The van der Waals surface area contributed by atoms with Crippen LogP contribution in [0.3, 0.4) is 0 Å². The monoisotopic (exact) mass is 301 g/mol. The Labute approximate surface area is 127 Å². The van der Waals surface area contributed by atoms with E-state index in [4.69, 9.17) is 4.74 Å². The number of hydrogen-bond donors (Lipinski definition) is 1. The van der Waals surface area contributed by atoms with Crippen molar-refractivity contribution in [1.29, 1.82) is 0 Å². The molecular weight excluding hydrogens is 285 g/mol. The summed E-state index contributed by atoms with van der Waals surface area (Å²) in [6, 6.07) is 12.6. The summed E-state index contributed by atoms with van der Waals surface area (Å²) in [5.74, 6) is -0.379.